The third-order valence-corrected chi connectivity index (χ3v) is 10.1. The van der Waals surface area contributed by atoms with Crippen LogP contribution >= 0.6 is 0 Å². The first-order chi connectivity index (χ1) is 13.4. The van der Waals surface area contributed by atoms with Crippen LogP contribution in [0.25, 0.3) is 0 Å². The van der Waals surface area contributed by atoms with Crippen molar-refractivity contribution in [3.8, 4) is 0 Å². The minimum absolute atomic E-state index is 0.00658. The lowest BCUT2D eigenvalue weighted by atomic mass is 9.95. The first kappa shape index (κ1) is 24.2. The highest BCUT2D eigenvalue weighted by molar-refractivity contribution is 6.74. The number of rotatable bonds is 8. The Kier molecular flexibility index (Phi) is 7.81. The lowest BCUT2D eigenvalue weighted by Crippen LogP contribution is -2.60. The number of ether oxygens (including phenoxy) is 4. The highest BCUT2D eigenvalue weighted by Crippen LogP contribution is 2.44. The molecule has 0 radical (unpaired) electrons. The summed E-state index contributed by atoms with van der Waals surface area (Å²) < 4.78 is 30.0. The van der Waals surface area contributed by atoms with Crippen molar-refractivity contribution in [2.45, 2.75) is 83.0 Å². The van der Waals surface area contributed by atoms with Crippen LogP contribution in [0.5, 0.6) is 0 Å². The highest BCUT2D eigenvalue weighted by atomic mass is 28.4. The van der Waals surface area contributed by atoms with E-state index in [2.05, 4.69) is 33.9 Å². The third-order valence-electron chi connectivity index (χ3n) is 5.65. The second-order valence-electron chi connectivity index (χ2n) is 9.45. The fraction of sp³-hybridized carbons (Fsp3) is 0.682. The third kappa shape index (κ3) is 5.96. The predicted octanol–water partition coefficient (Wildman–Crippen LogP) is 4.46. The van der Waals surface area contributed by atoms with E-state index in [1.807, 2.05) is 44.2 Å². The van der Waals surface area contributed by atoms with E-state index in [0.717, 1.165) is 11.8 Å². The fourth-order valence-corrected chi connectivity index (χ4v) is 4.42. The van der Waals surface area contributed by atoms with Gasteiger partial charge in [0.25, 0.3) is 0 Å². The van der Waals surface area contributed by atoms with Crippen LogP contribution in [0, 0.1) is 0 Å². The summed E-state index contributed by atoms with van der Waals surface area (Å²) in [6.07, 6.45) is -1.61. The molecule has 2 rings (SSSR count). The van der Waals surface area contributed by atoms with E-state index in [4.69, 9.17) is 23.4 Å². The molecule has 0 unspecified atom stereocenters. The largest absolute Gasteiger partial charge is 0.408 e. The molecule has 0 aromatic heterocycles. The van der Waals surface area contributed by atoms with Gasteiger partial charge in [0.2, 0.25) is 0 Å². The van der Waals surface area contributed by atoms with Crippen LogP contribution in [0.3, 0.4) is 0 Å². The zero-order valence-electron chi connectivity index (χ0n) is 18.9. The summed E-state index contributed by atoms with van der Waals surface area (Å²) in [6, 6.07) is 9.93. The van der Waals surface area contributed by atoms with Crippen LogP contribution < -0.4 is 0 Å². The Labute approximate surface area is 175 Å². The molecule has 6 nitrogen and oxygen atoms in total. The van der Waals surface area contributed by atoms with Gasteiger partial charge in [-0.15, -0.1) is 0 Å². The van der Waals surface area contributed by atoms with Crippen molar-refractivity contribution in [1.29, 1.82) is 0 Å². The molecule has 0 saturated carbocycles. The molecule has 1 saturated heterocycles. The molecule has 1 aliphatic rings. The number of benzene rings is 1. The van der Waals surface area contributed by atoms with E-state index in [0.29, 0.717) is 0 Å². The molecule has 7 heteroatoms. The van der Waals surface area contributed by atoms with Crippen LogP contribution in [-0.4, -0.2) is 52.6 Å². The van der Waals surface area contributed by atoms with Gasteiger partial charge < -0.3 is 28.2 Å². The van der Waals surface area contributed by atoms with Gasteiger partial charge in [0.1, 0.15) is 31.2 Å². The first-order valence-corrected chi connectivity index (χ1v) is 13.0. The van der Waals surface area contributed by atoms with Crippen molar-refractivity contribution in [3.05, 3.63) is 35.9 Å². The molecular weight excluding hydrogens is 388 g/mol. The van der Waals surface area contributed by atoms with Gasteiger partial charge in [0.05, 0.1) is 0 Å². The Morgan fingerprint density at radius 3 is 2.31 bits per heavy atom. The molecule has 4 atom stereocenters. The van der Waals surface area contributed by atoms with Crippen LogP contribution in [0.15, 0.2) is 30.3 Å². The van der Waals surface area contributed by atoms with E-state index < -0.39 is 38.5 Å². The number of hydrogen-bond donors (Lipinski definition) is 0. The minimum atomic E-state index is -2.21. The van der Waals surface area contributed by atoms with Crippen molar-refractivity contribution in [3.63, 3.8) is 0 Å². The molecule has 1 aromatic carbocycles. The van der Waals surface area contributed by atoms with Crippen molar-refractivity contribution >= 4 is 14.6 Å². The predicted molar refractivity (Wildman–Crippen MR) is 114 cm³/mol. The molecule has 1 aliphatic heterocycles. The minimum Gasteiger partial charge on any atom is -0.408 e. The standard InChI is InChI=1S/C22H36O6Si/c1-21(2,3)29(7,8)28-20-18(16-12-10-9-11-13-16)26-22(4,5)27-19(20)17(14-23)25-15-24-6/h9-14,17-20H,15H2,1-8H3/t17-,18+,19-,20+/m0/s1. The Morgan fingerprint density at radius 1 is 1.17 bits per heavy atom. The Bertz CT molecular complexity index is 655. The molecular formula is C22H36O6Si. The van der Waals surface area contributed by atoms with Crippen LogP contribution in [0.2, 0.25) is 18.1 Å². The first-order valence-electron chi connectivity index (χ1n) is 10.1. The normalized spacial score (nSPS) is 26.1. The molecule has 0 aliphatic carbocycles. The summed E-state index contributed by atoms with van der Waals surface area (Å²) in [7, 11) is -0.687. The average molecular weight is 425 g/mol. The van der Waals surface area contributed by atoms with Crippen molar-refractivity contribution in [1.82, 2.24) is 0 Å². The Morgan fingerprint density at radius 2 is 1.79 bits per heavy atom. The Hall–Kier alpha value is -1.09. The van der Waals surface area contributed by atoms with E-state index >= 15 is 0 Å². The summed E-state index contributed by atoms with van der Waals surface area (Å²) in [4.78, 5) is 11.9. The van der Waals surface area contributed by atoms with Gasteiger partial charge in [0, 0.05) is 7.11 Å². The number of methoxy groups -OCH3 is 1. The van der Waals surface area contributed by atoms with Gasteiger partial charge in [-0.25, -0.2) is 0 Å². The van der Waals surface area contributed by atoms with Crippen LogP contribution in [0.4, 0.5) is 0 Å². The SMILES string of the molecule is COCO[C@@H](C=O)[C@@H]1OC(C)(C)O[C@H](c2ccccc2)[C@H]1O[Si](C)(C)C(C)(C)C. The van der Waals surface area contributed by atoms with E-state index in [1.165, 1.54) is 7.11 Å². The molecule has 29 heavy (non-hydrogen) atoms. The number of carbonyl (C=O) groups is 1. The van der Waals surface area contributed by atoms with Gasteiger partial charge >= 0.3 is 0 Å². The quantitative estimate of drug-likeness (QED) is 0.349. The van der Waals surface area contributed by atoms with Gasteiger partial charge in [0.15, 0.2) is 20.4 Å². The highest BCUT2D eigenvalue weighted by Gasteiger charge is 2.51. The molecule has 0 bridgehead atoms. The van der Waals surface area contributed by atoms with E-state index in [-0.39, 0.29) is 11.8 Å². The molecule has 164 valence electrons. The van der Waals surface area contributed by atoms with E-state index in [9.17, 15) is 4.79 Å². The van der Waals surface area contributed by atoms with Crippen molar-refractivity contribution in [2.24, 2.45) is 0 Å². The smallest absolute Gasteiger partial charge is 0.192 e. The summed E-state index contributed by atoms with van der Waals surface area (Å²) in [5, 5.41) is -0.0180. The van der Waals surface area contributed by atoms with Crippen molar-refractivity contribution in [2.75, 3.05) is 13.9 Å². The van der Waals surface area contributed by atoms with Gasteiger partial charge in [-0.2, -0.15) is 0 Å². The number of aldehydes is 1. The van der Waals surface area contributed by atoms with Gasteiger partial charge in [-0.05, 0) is 37.5 Å². The summed E-state index contributed by atoms with van der Waals surface area (Å²) >= 11 is 0. The summed E-state index contributed by atoms with van der Waals surface area (Å²) in [6.45, 7) is 14.6. The van der Waals surface area contributed by atoms with Crippen LogP contribution in [-0.2, 0) is 28.2 Å². The zero-order chi connectivity index (χ0) is 21.9. The molecule has 0 amide bonds. The maximum absolute atomic E-state index is 11.9. The van der Waals surface area contributed by atoms with Crippen LogP contribution in [0.1, 0.15) is 46.3 Å². The second-order valence-corrected chi connectivity index (χ2v) is 14.2. The van der Waals surface area contributed by atoms with Crippen molar-refractivity contribution < 1.29 is 28.2 Å². The second kappa shape index (κ2) is 9.37. The monoisotopic (exact) mass is 424 g/mol. The molecule has 0 spiro atoms. The molecule has 0 N–H and O–H groups in total. The maximum atomic E-state index is 11.9. The maximum Gasteiger partial charge on any atom is 0.192 e. The topological polar surface area (TPSA) is 63.2 Å². The number of carbonyl (C=O) groups excluding carboxylic acids is 1. The Balaban J connectivity index is 2.49. The van der Waals surface area contributed by atoms with E-state index in [1.54, 1.807) is 0 Å². The van der Waals surface area contributed by atoms with Gasteiger partial charge in [-0.3, -0.25) is 0 Å². The molecule has 1 aromatic rings. The lowest BCUT2D eigenvalue weighted by Gasteiger charge is -2.50. The number of hydrogen-bond acceptors (Lipinski definition) is 6. The average Bonchev–Trinajstić information content (AvgIpc) is 2.63. The lowest BCUT2D eigenvalue weighted by molar-refractivity contribution is -0.345. The summed E-state index contributed by atoms with van der Waals surface area (Å²) in [5.41, 5.74) is 0.981. The molecule has 1 fully saturated rings. The van der Waals surface area contributed by atoms with Gasteiger partial charge in [-0.1, -0.05) is 51.1 Å². The zero-order valence-corrected chi connectivity index (χ0v) is 19.9. The fourth-order valence-electron chi connectivity index (χ4n) is 3.13. The summed E-state index contributed by atoms with van der Waals surface area (Å²) in [5.74, 6) is -0.907. The molecule has 1 heterocycles.